The molecular formula is C16H19NO5S. The number of fused-ring (bicyclic) bond motifs is 1. The Kier molecular flexibility index (Phi) is 4.14. The highest BCUT2D eigenvalue weighted by Crippen LogP contribution is 2.33. The molecule has 1 N–H and O–H groups in total. The molecule has 0 saturated carbocycles. The third-order valence-corrected chi connectivity index (χ3v) is 6.42. The Morgan fingerprint density at radius 1 is 1.13 bits per heavy atom. The molecule has 2 heterocycles. The van der Waals surface area contributed by atoms with Gasteiger partial charge < -0.3 is 10.0 Å². The number of nitrogens with zero attached hydrogens (tertiary/aromatic N) is 1. The molecule has 0 spiro atoms. The summed E-state index contributed by atoms with van der Waals surface area (Å²) in [7, 11) is -3.05. The van der Waals surface area contributed by atoms with Crippen molar-refractivity contribution in [2.75, 3.05) is 18.1 Å². The summed E-state index contributed by atoms with van der Waals surface area (Å²) in [6, 6.07) is 6.29. The molecule has 1 atom stereocenters. The molecule has 0 aromatic heterocycles. The van der Waals surface area contributed by atoms with Crippen LogP contribution in [0.5, 0.6) is 0 Å². The lowest BCUT2D eigenvalue weighted by molar-refractivity contribution is -0.153. The Bertz CT molecular complexity index is 729. The van der Waals surface area contributed by atoms with Gasteiger partial charge in [-0.1, -0.05) is 24.3 Å². The van der Waals surface area contributed by atoms with Crippen molar-refractivity contribution in [3.8, 4) is 0 Å². The van der Waals surface area contributed by atoms with E-state index < -0.39 is 27.8 Å². The number of benzene rings is 1. The van der Waals surface area contributed by atoms with E-state index in [1.807, 2.05) is 12.1 Å². The Morgan fingerprint density at radius 2 is 1.78 bits per heavy atom. The summed E-state index contributed by atoms with van der Waals surface area (Å²) in [6.45, 7) is 0.357. The molecule has 0 bridgehead atoms. The van der Waals surface area contributed by atoms with E-state index >= 15 is 0 Å². The van der Waals surface area contributed by atoms with Gasteiger partial charge in [0.25, 0.3) is 0 Å². The molecule has 3 rings (SSSR count). The maximum absolute atomic E-state index is 12.8. The van der Waals surface area contributed by atoms with Gasteiger partial charge in [-0.3, -0.25) is 4.79 Å². The van der Waals surface area contributed by atoms with Gasteiger partial charge in [-0.05, 0) is 30.4 Å². The average molecular weight is 337 g/mol. The maximum Gasteiger partial charge on any atom is 0.331 e. The minimum Gasteiger partial charge on any atom is -0.479 e. The van der Waals surface area contributed by atoms with E-state index in [0.717, 1.165) is 5.56 Å². The van der Waals surface area contributed by atoms with E-state index in [1.165, 1.54) is 4.90 Å². The summed E-state index contributed by atoms with van der Waals surface area (Å²) in [5, 5.41) is 9.60. The summed E-state index contributed by atoms with van der Waals surface area (Å²) >= 11 is 0. The molecule has 1 fully saturated rings. The van der Waals surface area contributed by atoms with E-state index in [0.29, 0.717) is 18.5 Å². The summed E-state index contributed by atoms with van der Waals surface area (Å²) in [6.07, 6.45) is 1.19. The van der Waals surface area contributed by atoms with Gasteiger partial charge in [0.1, 0.15) is 9.84 Å². The molecule has 0 aliphatic carbocycles. The summed E-state index contributed by atoms with van der Waals surface area (Å²) in [4.78, 5) is 25.9. The van der Waals surface area contributed by atoms with Crippen LogP contribution in [0.4, 0.5) is 0 Å². The SMILES string of the molecule is O=C(O)C1c2ccccc2CCN1C(=O)C1CCS(=O)(=O)CC1. The van der Waals surface area contributed by atoms with E-state index in [4.69, 9.17) is 0 Å². The van der Waals surface area contributed by atoms with Gasteiger partial charge in [0.2, 0.25) is 5.91 Å². The van der Waals surface area contributed by atoms with Crippen LogP contribution in [-0.2, 0) is 25.8 Å². The lowest BCUT2D eigenvalue weighted by Gasteiger charge is -2.37. The number of carbonyl (C=O) groups excluding carboxylic acids is 1. The third-order valence-electron chi connectivity index (χ3n) is 4.70. The first kappa shape index (κ1) is 16.0. The topological polar surface area (TPSA) is 91.8 Å². The number of aliphatic carboxylic acids is 1. The second-order valence-corrected chi connectivity index (χ2v) is 8.45. The number of carboxylic acid groups (broad SMARTS) is 1. The summed E-state index contributed by atoms with van der Waals surface area (Å²) in [5.74, 6) is -1.67. The van der Waals surface area contributed by atoms with Crippen LogP contribution in [0.15, 0.2) is 24.3 Å². The second kappa shape index (κ2) is 5.96. The number of sulfone groups is 1. The predicted molar refractivity (Wildman–Crippen MR) is 83.6 cm³/mol. The average Bonchev–Trinajstić information content (AvgIpc) is 2.53. The zero-order chi connectivity index (χ0) is 16.6. The van der Waals surface area contributed by atoms with E-state index in [9.17, 15) is 23.1 Å². The minimum absolute atomic E-state index is 0.00553. The van der Waals surface area contributed by atoms with Crippen LogP contribution in [0.2, 0.25) is 0 Å². The highest BCUT2D eigenvalue weighted by Gasteiger charge is 2.39. The molecule has 2 aliphatic heterocycles. The molecule has 7 heteroatoms. The fraction of sp³-hybridized carbons (Fsp3) is 0.500. The first-order chi connectivity index (χ1) is 10.9. The standard InChI is InChI=1S/C16H19NO5S/c18-15(12-6-9-23(21,22)10-7-12)17-8-5-11-3-1-2-4-13(11)14(17)16(19)20/h1-4,12,14H,5-10H2,(H,19,20). The molecular weight excluding hydrogens is 318 g/mol. The van der Waals surface area contributed by atoms with Crippen LogP contribution in [-0.4, -0.2) is 48.4 Å². The molecule has 1 unspecified atom stereocenters. The lowest BCUT2D eigenvalue weighted by atomic mass is 9.90. The van der Waals surface area contributed by atoms with Gasteiger partial charge >= 0.3 is 5.97 Å². The summed E-state index contributed by atoms with van der Waals surface area (Å²) in [5.41, 5.74) is 1.61. The van der Waals surface area contributed by atoms with Gasteiger partial charge in [0.05, 0.1) is 11.5 Å². The van der Waals surface area contributed by atoms with Crippen molar-refractivity contribution in [2.45, 2.75) is 25.3 Å². The van der Waals surface area contributed by atoms with Crippen molar-refractivity contribution in [3.63, 3.8) is 0 Å². The molecule has 23 heavy (non-hydrogen) atoms. The Morgan fingerprint density at radius 3 is 2.43 bits per heavy atom. The normalized spacial score (nSPS) is 24.0. The number of amides is 1. The van der Waals surface area contributed by atoms with E-state index in [-0.39, 0.29) is 30.3 Å². The molecule has 0 radical (unpaired) electrons. The van der Waals surface area contributed by atoms with Crippen LogP contribution in [0, 0.1) is 5.92 Å². The highest BCUT2D eigenvalue weighted by atomic mass is 32.2. The molecule has 2 aliphatic rings. The monoisotopic (exact) mass is 337 g/mol. The zero-order valence-corrected chi connectivity index (χ0v) is 13.5. The van der Waals surface area contributed by atoms with Crippen molar-refractivity contribution in [2.24, 2.45) is 5.92 Å². The maximum atomic E-state index is 12.8. The van der Waals surface area contributed by atoms with Crippen molar-refractivity contribution in [1.82, 2.24) is 4.90 Å². The van der Waals surface area contributed by atoms with E-state index in [1.54, 1.807) is 12.1 Å². The molecule has 124 valence electrons. The second-order valence-electron chi connectivity index (χ2n) is 6.15. The Balaban J connectivity index is 1.85. The quantitative estimate of drug-likeness (QED) is 0.870. The van der Waals surface area contributed by atoms with Crippen molar-refractivity contribution < 1.29 is 23.1 Å². The van der Waals surface area contributed by atoms with Crippen LogP contribution in [0.25, 0.3) is 0 Å². The van der Waals surface area contributed by atoms with Crippen LogP contribution in [0.1, 0.15) is 30.0 Å². The van der Waals surface area contributed by atoms with Crippen molar-refractivity contribution in [3.05, 3.63) is 35.4 Å². The first-order valence-corrected chi connectivity index (χ1v) is 9.53. The molecule has 1 aromatic rings. The zero-order valence-electron chi connectivity index (χ0n) is 12.6. The predicted octanol–water partition coefficient (Wildman–Crippen LogP) is 1.02. The number of rotatable bonds is 2. The number of carbonyl (C=O) groups is 2. The lowest BCUT2D eigenvalue weighted by Crippen LogP contribution is -2.47. The fourth-order valence-electron chi connectivity index (χ4n) is 3.44. The molecule has 1 amide bonds. The van der Waals surface area contributed by atoms with Crippen molar-refractivity contribution >= 4 is 21.7 Å². The summed E-state index contributed by atoms with van der Waals surface area (Å²) < 4.78 is 23.0. The largest absolute Gasteiger partial charge is 0.479 e. The Labute approximate surface area is 135 Å². The highest BCUT2D eigenvalue weighted by molar-refractivity contribution is 7.91. The number of carboxylic acids is 1. The molecule has 1 aromatic carbocycles. The van der Waals surface area contributed by atoms with E-state index in [2.05, 4.69) is 0 Å². The Hall–Kier alpha value is -1.89. The molecule has 1 saturated heterocycles. The van der Waals surface area contributed by atoms with Gasteiger partial charge in [0.15, 0.2) is 6.04 Å². The third kappa shape index (κ3) is 3.10. The van der Waals surface area contributed by atoms with Gasteiger partial charge in [0, 0.05) is 12.5 Å². The van der Waals surface area contributed by atoms with Crippen molar-refractivity contribution in [1.29, 1.82) is 0 Å². The van der Waals surface area contributed by atoms with Crippen LogP contribution < -0.4 is 0 Å². The van der Waals surface area contributed by atoms with Gasteiger partial charge in [-0.2, -0.15) is 0 Å². The van der Waals surface area contributed by atoms with Crippen LogP contribution in [0.3, 0.4) is 0 Å². The first-order valence-electron chi connectivity index (χ1n) is 7.70. The van der Waals surface area contributed by atoms with Crippen LogP contribution >= 0.6 is 0 Å². The van der Waals surface area contributed by atoms with Gasteiger partial charge in [-0.25, -0.2) is 13.2 Å². The smallest absolute Gasteiger partial charge is 0.331 e. The van der Waals surface area contributed by atoms with Gasteiger partial charge in [-0.15, -0.1) is 0 Å². The fourth-order valence-corrected chi connectivity index (χ4v) is 4.93. The number of hydrogen-bond donors (Lipinski definition) is 1. The number of hydrogen-bond acceptors (Lipinski definition) is 4. The minimum atomic E-state index is -3.05. The molecule has 6 nitrogen and oxygen atoms in total.